The Labute approximate surface area is 106 Å². The molecule has 17 heavy (non-hydrogen) atoms. The van der Waals surface area contributed by atoms with Gasteiger partial charge >= 0.3 is 0 Å². The second-order valence-electron chi connectivity index (χ2n) is 4.23. The Balaban J connectivity index is 2.28. The van der Waals surface area contributed by atoms with Gasteiger partial charge in [-0.25, -0.2) is 4.98 Å². The van der Waals surface area contributed by atoms with Gasteiger partial charge in [-0.15, -0.1) is 11.3 Å². The summed E-state index contributed by atoms with van der Waals surface area (Å²) in [5, 5.41) is 4.03. The maximum atomic E-state index is 5.80. The lowest BCUT2D eigenvalue weighted by atomic mass is 10.1. The number of benzene rings is 1. The summed E-state index contributed by atoms with van der Waals surface area (Å²) in [6, 6.07) is 10.6. The van der Waals surface area contributed by atoms with Crippen molar-refractivity contribution in [1.82, 2.24) is 10.3 Å². The molecule has 3 N–H and O–H groups in total. The van der Waals surface area contributed by atoms with E-state index in [1.165, 1.54) is 4.88 Å². The lowest BCUT2D eigenvalue weighted by Crippen LogP contribution is -2.21. The molecule has 0 unspecified atom stereocenters. The molecule has 0 atom stereocenters. The van der Waals surface area contributed by atoms with Gasteiger partial charge in [-0.1, -0.05) is 44.2 Å². The molecule has 0 radical (unpaired) electrons. The van der Waals surface area contributed by atoms with Crippen molar-refractivity contribution >= 4 is 16.5 Å². The molecule has 0 aliphatic heterocycles. The first-order valence-electron chi connectivity index (χ1n) is 5.71. The second kappa shape index (κ2) is 5.29. The van der Waals surface area contributed by atoms with E-state index in [9.17, 15) is 0 Å². The first-order chi connectivity index (χ1) is 8.16. The van der Waals surface area contributed by atoms with Gasteiger partial charge in [-0.05, 0) is 0 Å². The van der Waals surface area contributed by atoms with Gasteiger partial charge in [-0.2, -0.15) is 0 Å². The van der Waals surface area contributed by atoms with Crippen LogP contribution in [0.2, 0.25) is 0 Å². The highest BCUT2D eigenvalue weighted by atomic mass is 32.1. The number of aromatic nitrogens is 1. The third-order valence-corrected chi connectivity index (χ3v) is 3.32. The Morgan fingerprint density at radius 1 is 1.29 bits per heavy atom. The van der Waals surface area contributed by atoms with Crippen LogP contribution in [0.25, 0.3) is 11.3 Å². The van der Waals surface area contributed by atoms with Gasteiger partial charge in [0.2, 0.25) is 0 Å². The molecule has 0 aliphatic rings. The number of hydrogen-bond donors (Lipinski definition) is 2. The largest absolute Gasteiger partial charge is 0.375 e. The van der Waals surface area contributed by atoms with E-state index in [1.54, 1.807) is 11.3 Å². The van der Waals surface area contributed by atoms with Crippen molar-refractivity contribution in [3.8, 4) is 11.3 Å². The van der Waals surface area contributed by atoms with Crippen LogP contribution in [0.3, 0.4) is 0 Å². The summed E-state index contributed by atoms with van der Waals surface area (Å²) in [5.74, 6) is 0. The number of hydrogen-bond acceptors (Lipinski definition) is 4. The van der Waals surface area contributed by atoms with Crippen LogP contribution in [0.1, 0.15) is 18.7 Å². The summed E-state index contributed by atoms with van der Waals surface area (Å²) in [7, 11) is 0. The van der Waals surface area contributed by atoms with Crippen LogP contribution in [-0.2, 0) is 6.54 Å². The van der Waals surface area contributed by atoms with Gasteiger partial charge in [-0.3, -0.25) is 0 Å². The van der Waals surface area contributed by atoms with Crippen LogP contribution < -0.4 is 11.1 Å². The predicted octanol–water partition coefficient (Wildman–Crippen LogP) is 2.89. The Kier molecular flexibility index (Phi) is 3.76. The molecule has 1 aromatic heterocycles. The van der Waals surface area contributed by atoms with Crippen molar-refractivity contribution in [2.45, 2.75) is 26.4 Å². The van der Waals surface area contributed by atoms with Gasteiger partial charge < -0.3 is 11.1 Å². The molecule has 0 aliphatic carbocycles. The molecule has 0 amide bonds. The fourth-order valence-corrected chi connectivity index (χ4v) is 2.41. The Hall–Kier alpha value is -1.39. The minimum absolute atomic E-state index is 0.460. The van der Waals surface area contributed by atoms with Crippen molar-refractivity contribution in [2.75, 3.05) is 5.73 Å². The fourth-order valence-electron chi connectivity index (χ4n) is 1.61. The Bertz CT molecular complexity index is 477. The van der Waals surface area contributed by atoms with E-state index in [4.69, 9.17) is 5.73 Å². The minimum atomic E-state index is 0.460. The zero-order chi connectivity index (χ0) is 12.3. The maximum Gasteiger partial charge on any atom is 0.180 e. The third-order valence-electron chi connectivity index (χ3n) is 2.43. The maximum absolute atomic E-state index is 5.80. The number of rotatable bonds is 4. The molecular weight excluding hydrogens is 230 g/mol. The summed E-state index contributed by atoms with van der Waals surface area (Å²) in [4.78, 5) is 5.61. The standard InChI is InChI=1S/C13H17N3S/c1-9(2)15-8-11-12(16-13(14)17-11)10-6-4-3-5-7-10/h3-7,9,15H,8H2,1-2H3,(H2,14,16). The molecule has 2 aromatic rings. The van der Waals surface area contributed by atoms with Crippen molar-refractivity contribution in [2.24, 2.45) is 0 Å². The quantitative estimate of drug-likeness (QED) is 0.873. The summed E-state index contributed by atoms with van der Waals surface area (Å²) < 4.78 is 0. The van der Waals surface area contributed by atoms with Gasteiger partial charge in [0.1, 0.15) is 0 Å². The normalized spacial score (nSPS) is 11.0. The molecule has 3 nitrogen and oxygen atoms in total. The zero-order valence-electron chi connectivity index (χ0n) is 10.1. The highest BCUT2D eigenvalue weighted by Gasteiger charge is 2.11. The van der Waals surface area contributed by atoms with Crippen molar-refractivity contribution < 1.29 is 0 Å². The van der Waals surface area contributed by atoms with Crippen molar-refractivity contribution in [3.05, 3.63) is 35.2 Å². The summed E-state index contributed by atoms with van der Waals surface area (Å²) in [5.41, 5.74) is 7.93. The topological polar surface area (TPSA) is 50.9 Å². The molecule has 0 fully saturated rings. The number of thiazole rings is 1. The Morgan fingerprint density at radius 3 is 2.65 bits per heavy atom. The van der Waals surface area contributed by atoms with Gasteiger partial charge in [0.25, 0.3) is 0 Å². The molecule has 1 heterocycles. The first-order valence-corrected chi connectivity index (χ1v) is 6.52. The first kappa shape index (κ1) is 12.1. The van der Waals surface area contributed by atoms with Crippen LogP contribution in [0.5, 0.6) is 0 Å². The van der Waals surface area contributed by atoms with Crippen LogP contribution in [-0.4, -0.2) is 11.0 Å². The average Bonchev–Trinajstić information content (AvgIpc) is 2.69. The minimum Gasteiger partial charge on any atom is -0.375 e. The highest BCUT2D eigenvalue weighted by Crippen LogP contribution is 2.29. The second-order valence-corrected chi connectivity index (χ2v) is 5.34. The summed E-state index contributed by atoms with van der Waals surface area (Å²) in [6.45, 7) is 5.08. The number of nitrogens with one attached hydrogen (secondary N) is 1. The molecule has 4 heteroatoms. The van der Waals surface area contributed by atoms with Gasteiger partial charge in [0.15, 0.2) is 5.13 Å². The van der Waals surface area contributed by atoms with E-state index in [1.807, 2.05) is 18.2 Å². The van der Waals surface area contributed by atoms with E-state index in [0.29, 0.717) is 11.2 Å². The summed E-state index contributed by atoms with van der Waals surface area (Å²) in [6.07, 6.45) is 0. The molecule has 0 bridgehead atoms. The molecular formula is C13H17N3S. The average molecular weight is 247 g/mol. The molecule has 1 aromatic carbocycles. The predicted molar refractivity (Wildman–Crippen MR) is 73.9 cm³/mol. The third kappa shape index (κ3) is 3.05. The number of anilines is 1. The van der Waals surface area contributed by atoms with Crippen LogP contribution in [0, 0.1) is 0 Å². The smallest absolute Gasteiger partial charge is 0.180 e. The lowest BCUT2D eigenvalue weighted by molar-refractivity contribution is 0.593. The van der Waals surface area contributed by atoms with E-state index in [0.717, 1.165) is 17.8 Å². The van der Waals surface area contributed by atoms with E-state index in [2.05, 4.69) is 36.3 Å². The molecule has 90 valence electrons. The van der Waals surface area contributed by atoms with E-state index < -0.39 is 0 Å². The van der Waals surface area contributed by atoms with E-state index in [-0.39, 0.29) is 0 Å². The highest BCUT2D eigenvalue weighted by molar-refractivity contribution is 7.15. The van der Waals surface area contributed by atoms with Crippen LogP contribution in [0.15, 0.2) is 30.3 Å². The van der Waals surface area contributed by atoms with Gasteiger partial charge in [0.05, 0.1) is 5.69 Å². The molecule has 0 spiro atoms. The fraction of sp³-hybridized carbons (Fsp3) is 0.308. The monoisotopic (exact) mass is 247 g/mol. The van der Waals surface area contributed by atoms with Crippen molar-refractivity contribution in [1.29, 1.82) is 0 Å². The SMILES string of the molecule is CC(C)NCc1sc(N)nc1-c1ccccc1. The summed E-state index contributed by atoms with van der Waals surface area (Å²) >= 11 is 1.56. The number of nitrogens with zero attached hydrogens (tertiary/aromatic N) is 1. The van der Waals surface area contributed by atoms with Crippen LogP contribution >= 0.6 is 11.3 Å². The van der Waals surface area contributed by atoms with Crippen molar-refractivity contribution in [3.63, 3.8) is 0 Å². The van der Waals surface area contributed by atoms with Crippen LogP contribution in [0.4, 0.5) is 5.13 Å². The molecule has 2 rings (SSSR count). The zero-order valence-corrected chi connectivity index (χ0v) is 10.9. The molecule has 0 saturated heterocycles. The number of nitrogens with two attached hydrogens (primary N) is 1. The number of nitrogen functional groups attached to an aromatic ring is 1. The van der Waals surface area contributed by atoms with E-state index >= 15 is 0 Å². The molecule has 0 saturated carbocycles. The Morgan fingerprint density at radius 2 is 2.00 bits per heavy atom. The lowest BCUT2D eigenvalue weighted by Gasteiger charge is -2.07. The van der Waals surface area contributed by atoms with Gasteiger partial charge in [0, 0.05) is 23.0 Å².